The molecule has 3 rings (SSSR count). The van der Waals surface area contributed by atoms with Gasteiger partial charge < -0.3 is 10.1 Å². The van der Waals surface area contributed by atoms with Gasteiger partial charge in [-0.1, -0.05) is 23.2 Å². The number of hydrogen-bond acceptors (Lipinski definition) is 4. The predicted molar refractivity (Wildman–Crippen MR) is 87.6 cm³/mol. The van der Waals surface area contributed by atoms with Crippen molar-refractivity contribution in [1.82, 2.24) is 15.3 Å². The third-order valence-electron chi connectivity index (χ3n) is 3.82. The van der Waals surface area contributed by atoms with Gasteiger partial charge in [-0.05, 0) is 32.0 Å². The SMILES string of the molecule is Cc1cc(Cl)cnc1OC(c1cncc(Cl)c1)[C@H]1CCNC1. The maximum Gasteiger partial charge on any atom is 0.216 e. The van der Waals surface area contributed by atoms with Crippen LogP contribution in [-0.4, -0.2) is 23.1 Å². The van der Waals surface area contributed by atoms with Crippen molar-refractivity contribution < 1.29 is 4.74 Å². The van der Waals surface area contributed by atoms with Crippen LogP contribution in [0.4, 0.5) is 0 Å². The summed E-state index contributed by atoms with van der Waals surface area (Å²) in [6.07, 6.45) is 5.95. The second-order valence-corrected chi connectivity index (χ2v) is 6.38. The van der Waals surface area contributed by atoms with Gasteiger partial charge in [-0.15, -0.1) is 0 Å². The van der Waals surface area contributed by atoms with Gasteiger partial charge >= 0.3 is 0 Å². The Morgan fingerprint density at radius 2 is 2.05 bits per heavy atom. The first-order chi connectivity index (χ1) is 10.6. The minimum Gasteiger partial charge on any atom is -0.469 e. The van der Waals surface area contributed by atoms with Crippen molar-refractivity contribution in [2.45, 2.75) is 19.4 Å². The van der Waals surface area contributed by atoms with Crippen molar-refractivity contribution >= 4 is 23.2 Å². The molecule has 0 radical (unpaired) electrons. The molecule has 3 heterocycles. The molecule has 0 aromatic carbocycles. The van der Waals surface area contributed by atoms with E-state index in [0.717, 1.165) is 30.6 Å². The number of hydrogen-bond donors (Lipinski definition) is 1. The van der Waals surface area contributed by atoms with Crippen LogP contribution < -0.4 is 10.1 Å². The van der Waals surface area contributed by atoms with Crippen molar-refractivity contribution in [3.8, 4) is 5.88 Å². The molecule has 2 aromatic heterocycles. The Morgan fingerprint density at radius 1 is 1.23 bits per heavy atom. The molecule has 0 aliphatic carbocycles. The lowest BCUT2D eigenvalue weighted by molar-refractivity contribution is 0.136. The topological polar surface area (TPSA) is 47.0 Å². The Morgan fingerprint density at radius 3 is 2.73 bits per heavy atom. The van der Waals surface area contributed by atoms with Crippen molar-refractivity contribution in [2.24, 2.45) is 5.92 Å². The Balaban J connectivity index is 1.91. The summed E-state index contributed by atoms with van der Waals surface area (Å²) in [5.74, 6) is 0.957. The monoisotopic (exact) mass is 337 g/mol. The first kappa shape index (κ1) is 15.5. The van der Waals surface area contributed by atoms with Gasteiger partial charge in [-0.2, -0.15) is 0 Å². The quantitative estimate of drug-likeness (QED) is 0.921. The summed E-state index contributed by atoms with van der Waals surface area (Å²) in [7, 11) is 0. The molecule has 1 N–H and O–H groups in total. The van der Waals surface area contributed by atoms with E-state index in [1.54, 1.807) is 18.6 Å². The highest BCUT2D eigenvalue weighted by Gasteiger charge is 2.29. The number of nitrogens with zero attached hydrogens (tertiary/aromatic N) is 2. The number of rotatable bonds is 4. The third kappa shape index (κ3) is 3.51. The van der Waals surface area contributed by atoms with Crippen molar-refractivity contribution in [2.75, 3.05) is 13.1 Å². The molecule has 22 heavy (non-hydrogen) atoms. The number of pyridine rings is 2. The van der Waals surface area contributed by atoms with E-state index < -0.39 is 0 Å². The third-order valence-corrected chi connectivity index (χ3v) is 4.23. The maximum atomic E-state index is 6.22. The standard InChI is InChI=1S/C16H17Cl2N3O/c1-10-4-13(17)9-21-16(10)22-15(11-2-3-19-6-11)12-5-14(18)8-20-7-12/h4-5,7-9,11,15,19H,2-3,6H2,1H3/t11-,15?/m0/s1. The lowest BCUT2D eigenvalue weighted by Gasteiger charge is -2.24. The lowest BCUT2D eigenvalue weighted by Crippen LogP contribution is -2.22. The van der Waals surface area contributed by atoms with Crippen molar-refractivity contribution in [1.29, 1.82) is 0 Å². The molecular formula is C16H17Cl2N3O. The fraction of sp³-hybridized carbons (Fsp3) is 0.375. The summed E-state index contributed by atoms with van der Waals surface area (Å²) in [6, 6.07) is 3.76. The van der Waals surface area contributed by atoms with Gasteiger partial charge in [0.1, 0.15) is 6.10 Å². The van der Waals surface area contributed by atoms with Gasteiger partial charge in [-0.25, -0.2) is 4.98 Å². The predicted octanol–water partition coefficient (Wildman–Crippen LogP) is 3.82. The smallest absolute Gasteiger partial charge is 0.216 e. The Bertz CT molecular complexity index is 660. The van der Waals surface area contributed by atoms with Crippen LogP contribution in [-0.2, 0) is 0 Å². The van der Waals surface area contributed by atoms with Gasteiger partial charge in [0.2, 0.25) is 5.88 Å². The van der Waals surface area contributed by atoms with Crippen LogP contribution in [0.15, 0.2) is 30.7 Å². The molecule has 0 spiro atoms. The molecule has 1 saturated heterocycles. The average Bonchev–Trinajstić information content (AvgIpc) is 3.00. The number of ether oxygens (including phenoxy) is 1. The molecule has 6 heteroatoms. The number of aryl methyl sites for hydroxylation is 1. The van der Waals surface area contributed by atoms with Crippen LogP contribution >= 0.6 is 23.2 Å². The highest BCUT2D eigenvalue weighted by molar-refractivity contribution is 6.30. The number of halogens is 2. The fourth-order valence-electron chi connectivity index (χ4n) is 2.73. The van der Waals surface area contributed by atoms with Crippen LogP contribution in [0.2, 0.25) is 10.0 Å². The minimum atomic E-state index is -0.131. The van der Waals surface area contributed by atoms with E-state index in [9.17, 15) is 0 Å². The highest BCUT2D eigenvalue weighted by atomic mass is 35.5. The molecular weight excluding hydrogens is 321 g/mol. The summed E-state index contributed by atoms with van der Waals surface area (Å²) in [5.41, 5.74) is 1.88. The summed E-state index contributed by atoms with van der Waals surface area (Å²) >= 11 is 12.0. The molecule has 1 aliphatic heterocycles. The van der Waals surface area contributed by atoms with Crippen LogP contribution in [0, 0.1) is 12.8 Å². The molecule has 2 aromatic rings. The lowest BCUT2D eigenvalue weighted by atomic mass is 9.96. The largest absolute Gasteiger partial charge is 0.469 e. The summed E-state index contributed by atoms with van der Waals surface area (Å²) in [6.45, 7) is 3.84. The zero-order chi connectivity index (χ0) is 15.5. The van der Waals surface area contributed by atoms with Crippen LogP contribution in [0.3, 0.4) is 0 Å². The van der Waals surface area contributed by atoms with Gasteiger partial charge in [0.05, 0.1) is 10.0 Å². The molecule has 4 nitrogen and oxygen atoms in total. The molecule has 1 fully saturated rings. The highest BCUT2D eigenvalue weighted by Crippen LogP contribution is 2.33. The Hall–Kier alpha value is -1.36. The summed E-state index contributed by atoms with van der Waals surface area (Å²) in [5, 5.41) is 4.59. The second kappa shape index (κ2) is 6.82. The number of aromatic nitrogens is 2. The van der Waals surface area contributed by atoms with Gasteiger partial charge in [-0.3, -0.25) is 4.98 Å². The van der Waals surface area contributed by atoms with E-state index in [2.05, 4.69) is 15.3 Å². The number of nitrogens with one attached hydrogen (secondary N) is 1. The van der Waals surface area contributed by atoms with E-state index in [1.807, 2.05) is 19.1 Å². The maximum absolute atomic E-state index is 6.22. The van der Waals surface area contributed by atoms with E-state index in [0.29, 0.717) is 21.8 Å². The molecule has 0 amide bonds. The van der Waals surface area contributed by atoms with Gasteiger partial charge in [0.15, 0.2) is 0 Å². The fourth-order valence-corrected chi connectivity index (χ4v) is 3.12. The molecule has 1 aliphatic rings. The Labute approximate surface area is 139 Å². The van der Waals surface area contributed by atoms with Gasteiger partial charge in [0, 0.05) is 42.2 Å². The van der Waals surface area contributed by atoms with Crippen molar-refractivity contribution in [3.05, 3.63) is 51.9 Å². The second-order valence-electron chi connectivity index (χ2n) is 5.50. The average molecular weight is 338 g/mol. The molecule has 116 valence electrons. The zero-order valence-corrected chi connectivity index (χ0v) is 13.7. The molecule has 1 unspecified atom stereocenters. The first-order valence-electron chi connectivity index (χ1n) is 7.23. The Kier molecular flexibility index (Phi) is 4.81. The zero-order valence-electron chi connectivity index (χ0n) is 12.2. The summed E-state index contributed by atoms with van der Waals surface area (Å²) < 4.78 is 6.22. The normalized spacial score (nSPS) is 19.1. The van der Waals surface area contributed by atoms with E-state index >= 15 is 0 Å². The van der Waals surface area contributed by atoms with Crippen molar-refractivity contribution in [3.63, 3.8) is 0 Å². The molecule has 2 atom stereocenters. The summed E-state index contributed by atoms with van der Waals surface area (Å²) in [4.78, 5) is 8.49. The molecule has 0 saturated carbocycles. The van der Waals surface area contributed by atoms with E-state index in [1.165, 1.54) is 0 Å². The van der Waals surface area contributed by atoms with E-state index in [4.69, 9.17) is 27.9 Å². The van der Waals surface area contributed by atoms with Crippen LogP contribution in [0.5, 0.6) is 5.88 Å². The van der Waals surface area contributed by atoms with Crippen LogP contribution in [0.25, 0.3) is 0 Å². The molecule has 0 bridgehead atoms. The first-order valence-corrected chi connectivity index (χ1v) is 7.99. The minimum absolute atomic E-state index is 0.131. The van der Waals surface area contributed by atoms with Crippen LogP contribution in [0.1, 0.15) is 23.7 Å². The van der Waals surface area contributed by atoms with E-state index in [-0.39, 0.29) is 6.10 Å². The van der Waals surface area contributed by atoms with Gasteiger partial charge in [0.25, 0.3) is 0 Å².